The Morgan fingerprint density at radius 2 is 1.84 bits per heavy atom. The molecule has 4 rings (SSSR count). The minimum Gasteiger partial charge on any atom is -0.481 e. The van der Waals surface area contributed by atoms with Crippen LogP contribution in [0.15, 0.2) is 30.3 Å². The molecule has 0 spiro atoms. The normalized spacial score (nSPS) is 17.9. The molecule has 0 saturated carbocycles. The zero-order valence-electron chi connectivity index (χ0n) is 19.6. The fourth-order valence-corrected chi connectivity index (χ4v) is 5.28. The molecule has 1 saturated heterocycles. The molecule has 1 aliphatic heterocycles. The van der Waals surface area contributed by atoms with Crippen LogP contribution in [0.1, 0.15) is 39.2 Å². The van der Waals surface area contributed by atoms with Crippen LogP contribution in [0, 0.1) is 12.8 Å². The van der Waals surface area contributed by atoms with Crippen LogP contribution in [-0.4, -0.2) is 45.5 Å². The van der Waals surface area contributed by atoms with Gasteiger partial charge < -0.3 is 14.6 Å². The summed E-state index contributed by atoms with van der Waals surface area (Å²) in [6, 6.07) is 6.53. The Morgan fingerprint density at radius 1 is 1.16 bits per heavy atom. The van der Waals surface area contributed by atoms with Gasteiger partial charge in [-0.25, -0.2) is 8.78 Å². The molecule has 0 radical (unpaired) electrons. The molecular formula is C25H21Cl2F5N2O3. The highest BCUT2D eigenvalue weighted by Crippen LogP contribution is 2.38. The second kappa shape index (κ2) is 9.47. The maximum absolute atomic E-state index is 14.4. The maximum Gasteiger partial charge on any atom is 0.416 e. The second-order valence-electron chi connectivity index (χ2n) is 9.15. The molecule has 1 fully saturated rings. The van der Waals surface area contributed by atoms with E-state index in [-0.39, 0.29) is 28.6 Å². The van der Waals surface area contributed by atoms with Gasteiger partial charge in [0.2, 0.25) is 0 Å². The van der Waals surface area contributed by atoms with E-state index in [0.717, 1.165) is 17.0 Å². The lowest BCUT2D eigenvalue weighted by Gasteiger charge is -2.36. The number of piperidine rings is 1. The van der Waals surface area contributed by atoms with E-state index in [9.17, 15) is 31.5 Å². The van der Waals surface area contributed by atoms with Gasteiger partial charge in [-0.15, -0.1) is 0 Å². The molecule has 37 heavy (non-hydrogen) atoms. The van der Waals surface area contributed by atoms with Gasteiger partial charge in [0.15, 0.2) is 0 Å². The maximum atomic E-state index is 14.4. The smallest absolute Gasteiger partial charge is 0.416 e. The molecule has 1 aromatic heterocycles. The third-order valence-corrected chi connectivity index (χ3v) is 7.54. The monoisotopic (exact) mass is 562 g/mol. The van der Waals surface area contributed by atoms with Crippen molar-refractivity contribution in [3.63, 3.8) is 0 Å². The largest absolute Gasteiger partial charge is 0.481 e. The highest BCUT2D eigenvalue weighted by Gasteiger charge is 2.50. The molecular weight excluding hydrogens is 542 g/mol. The third kappa shape index (κ3) is 5.01. The van der Waals surface area contributed by atoms with Crippen molar-refractivity contribution in [2.24, 2.45) is 13.0 Å². The van der Waals surface area contributed by atoms with Crippen LogP contribution in [0.3, 0.4) is 0 Å². The Hall–Kier alpha value is -2.85. The summed E-state index contributed by atoms with van der Waals surface area (Å²) < 4.78 is 70.2. The number of nitrogens with zero attached hydrogens (tertiary/aromatic N) is 2. The summed E-state index contributed by atoms with van der Waals surface area (Å²) in [5.41, 5.74) is 0.793. The zero-order chi connectivity index (χ0) is 27.4. The first-order valence-electron chi connectivity index (χ1n) is 11.1. The van der Waals surface area contributed by atoms with Gasteiger partial charge in [0.25, 0.3) is 11.8 Å². The molecule has 0 aliphatic carbocycles. The lowest BCUT2D eigenvalue weighted by Crippen LogP contribution is -2.53. The fraction of sp³-hybridized carbons (Fsp3) is 0.360. The first kappa shape index (κ1) is 27.2. The number of halogens is 7. The van der Waals surface area contributed by atoms with Gasteiger partial charge in [0.1, 0.15) is 5.92 Å². The number of hydrogen-bond donors (Lipinski definition) is 1. The number of benzene rings is 2. The number of carbonyl (C=O) groups excluding carboxylic acids is 1. The van der Waals surface area contributed by atoms with Crippen LogP contribution in [-0.2, 0) is 24.4 Å². The fourth-order valence-electron chi connectivity index (χ4n) is 4.69. The Morgan fingerprint density at radius 3 is 2.43 bits per heavy atom. The molecule has 0 bridgehead atoms. The van der Waals surface area contributed by atoms with E-state index in [1.54, 1.807) is 24.6 Å². The van der Waals surface area contributed by atoms with E-state index in [2.05, 4.69) is 0 Å². The first-order chi connectivity index (χ1) is 17.1. The highest BCUT2D eigenvalue weighted by atomic mass is 35.5. The molecule has 1 unspecified atom stereocenters. The van der Waals surface area contributed by atoms with E-state index >= 15 is 0 Å². The van der Waals surface area contributed by atoms with Gasteiger partial charge >= 0.3 is 12.1 Å². The van der Waals surface area contributed by atoms with Crippen molar-refractivity contribution >= 4 is 46.0 Å². The van der Waals surface area contributed by atoms with Crippen molar-refractivity contribution in [3.8, 4) is 0 Å². The number of carboxylic acids is 1. The van der Waals surface area contributed by atoms with Crippen LogP contribution in [0.4, 0.5) is 22.0 Å². The molecule has 12 heteroatoms. The van der Waals surface area contributed by atoms with Crippen LogP contribution in [0.25, 0.3) is 10.9 Å². The SMILES string of the molecule is Cc1cc(C(F)(F)F)cc2c1cc(Cc1c(Cl)ccc(C(=O)N3CCC(C(=O)O)C(F)(F)C3)c1Cl)n2C. The minimum absolute atomic E-state index is 0.0575. The number of likely N-dealkylation sites (tertiary alicyclic amines) is 1. The summed E-state index contributed by atoms with van der Waals surface area (Å²) in [5.74, 6) is -7.93. The molecule has 1 aliphatic rings. The van der Waals surface area contributed by atoms with Gasteiger partial charge in [0.05, 0.1) is 22.7 Å². The number of fused-ring (bicyclic) bond motifs is 1. The van der Waals surface area contributed by atoms with E-state index in [1.165, 1.54) is 12.1 Å². The molecule has 1 N–H and O–H groups in total. The quantitative estimate of drug-likeness (QED) is 0.365. The highest BCUT2D eigenvalue weighted by molar-refractivity contribution is 6.38. The standard InChI is InChI=1S/C25H21Cl2F5N2O3/c1-12-7-13(25(30,31)32)8-20-16(12)9-14(33(20)2)10-17-19(26)4-3-15(21(17)27)22(35)34-6-5-18(23(36)37)24(28,29)11-34/h3-4,7-9,18H,5-6,10-11H2,1-2H3,(H,36,37). The molecule has 198 valence electrons. The minimum atomic E-state index is -4.51. The number of aromatic nitrogens is 1. The average molecular weight is 563 g/mol. The van der Waals surface area contributed by atoms with Crippen LogP contribution >= 0.6 is 23.2 Å². The third-order valence-electron chi connectivity index (χ3n) is 6.75. The molecule has 2 heterocycles. The molecule has 2 aromatic carbocycles. The van der Waals surface area contributed by atoms with E-state index in [0.29, 0.717) is 27.7 Å². The Balaban J connectivity index is 1.68. The lowest BCUT2D eigenvalue weighted by atomic mass is 9.92. The van der Waals surface area contributed by atoms with E-state index < -0.39 is 48.4 Å². The van der Waals surface area contributed by atoms with Gasteiger partial charge in [-0.05, 0) is 54.8 Å². The number of rotatable bonds is 4. The number of carbonyl (C=O) groups is 2. The van der Waals surface area contributed by atoms with Crippen molar-refractivity contribution < 1.29 is 36.6 Å². The van der Waals surface area contributed by atoms with E-state index in [1.807, 2.05) is 0 Å². The topological polar surface area (TPSA) is 62.5 Å². The van der Waals surface area contributed by atoms with Crippen molar-refractivity contribution in [2.45, 2.75) is 31.9 Å². The number of carboxylic acid groups (broad SMARTS) is 1. The summed E-state index contributed by atoms with van der Waals surface area (Å²) in [7, 11) is 1.60. The first-order valence-corrected chi connectivity index (χ1v) is 11.9. The summed E-state index contributed by atoms with van der Waals surface area (Å²) in [4.78, 5) is 25.1. The van der Waals surface area contributed by atoms with Gasteiger partial charge in [0, 0.05) is 41.6 Å². The lowest BCUT2D eigenvalue weighted by molar-refractivity contribution is -0.165. The molecule has 1 amide bonds. The predicted molar refractivity (Wildman–Crippen MR) is 129 cm³/mol. The number of alkyl halides is 5. The Bertz CT molecular complexity index is 1420. The second-order valence-corrected chi connectivity index (χ2v) is 9.94. The summed E-state index contributed by atoms with van der Waals surface area (Å²) in [6.07, 6.45) is -4.87. The average Bonchev–Trinajstić information content (AvgIpc) is 3.10. The van der Waals surface area contributed by atoms with Crippen LogP contribution in [0.2, 0.25) is 10.0 Å². The summed E-state index contributed by atoms with van der Waals surface area (Å²) in [6.45, 7) is 0.314. The number of amides is 1. The van der Waals surface area contributed by atoms with Crippen molar-refractivity contribution in [2.75, 3.05) is 13.1 Å². The Kier molecular flexibility index (Phi) is 6.96. The van der Waals surface area contributed by atoms with Crippen molar-refractivity contribution in [1.82, 2.24) is 9.47 Å². The molecule has 5 nitrogen and oxygen atoms in total. The molecule has 1 atom stereocenters. The van der Waals surface area contributed by atoms with Gasteiger partial charge in [-0.1, -0.05) is 23.2 Å². The number of aliphatic carboxylic acids is 1. The number of aryl methyl sites for hydroxylation is 2. The summed E-state index contributed by atoms with van der Waals surface area (Å²) in [5, 5.41) is 9.76. The van der Waals surface area contributed by atoms with E-state index in [4.69, 9.17) is 28.3 Å². The van der Waals surface area contributed by atoms with Gasteiger partial charge in [-0.3, -0.25) is 9.59 Å². The zero-order valence-corrected chi connectivity index (χ0v) is 21.1. The summed E-state index contributed by atoms with van der Waals surface area (Å²) >= 11 is 12.9. The molecule has 3 aromatic rings. The van der Waals surface area contributed by atoms with Gasteiger partial charge in [-0.2, -0.15) is 13.2 Å². The number of hydrogen-bond acceptors (Lipinski definition) is 2. The predicted octanol–water partition coefficient (Wildman–Crippen LogP) is 6.59. The Labute approximate surface area is 218 Å². The van der Waals surface area contributed by atoms with Crippen molar-refractivity contribution in [3.05, 3.63) is 68.3 Å². The van der Waals surface area contributed by atoms with Crippen LogP contribution in [0.5, 0.6) is 0 Å². The van der Waals surface area contributed by atoms with Crippen LogP contribution < -0.4 is 0 Å². The van der Waals surface area contributed by atoms with Crippen molar-refractivity contribution in [1.29, 1.82) is 0 Å².